The van der Waals surface area contributed by atoms with Gasteiger partial charge in [0, 0.05) is 24.0 Å². The number of aliphatic carboxylic acids is 1. The molecule has 1 amide bonds. The largest absolute Gasteiger partial charge is 0.481 e. The SMILES string of the molecule is C[C@H](C(=O)N1C[C@@H](C(=O)O)[C@H](c2ccc(Cl)cc2)C1)c1ccccc1. The second-order valence-electron chi connectivity index (χ2n) is 6.48. The van der Waals surface area contributed by atoms with Crippen molar-refractivity contribution in [3.8, 4) is 0 Å². The molecule has 1 aliphatic heterocycles. The predicted molar refractivity (Wildman–Crippen MR) is 96.8 cm³/mol. The van der Waals surface area contributed by atoms with E-state index in [9.17, 15) is 14.7 Å². The summed E-state index contributed by atoms with van der Waals surface area (Å²) in [5.74, 6) is -2.02. The molecule has 2 aromatic rings. The third-order valence-corrected chi connectivity index (χ3v) is 5.17. The first-order chi connectivity index (χ1) is 12.0. The molecule has 0 spiro atoms. The van der Waals surface area contributed by atoms with Gasteiger partial charge in [0.2, 0.25) is 5.91 Å². The number of carbonyl (C=O) groups is 2. The summed E-state index contributed by atoms with van der Waals surface area (Å²) in [4.78, 5) is 26.2. The number of hydrogen-bond acceptors (Lipinski definition) is 2. The van der Waals surface area contributed by atoms with E-state index in [1.807, 2.05) is 49.4 Å². The molecular formula is C20H20ClNO3. The van der Waals surface area contributed by atoms with Gasteiger partial charge in [0.25, 0.3) is 0 Å². The number of hydrogen-bond donors (Lipinski definition) is 1. The highest BCUT2D eigenvalue weighted by Crippen LogP contribution is 2.35. The molecule has 0 aliphatic carbocycles. The number of carboxylic acids is 1. The van der Waals surface area contributed by atoms with Crippen LogP contribution < -0.4 is 0 Å². The molecule has 4 nitrogen and oxygen atoms in total. The minimum atomic E-state index is -0.873. The van der Waals surface area contributed by atoms with Crippen molar-refractivity contribution in [3.05, 3.63) is 70.7 Å². The minimum Gasteiger partial charge on any atom is -0.481 e. The molecule has 2 aromatic carbocycles. The van der Waals surface area contributed by atoms with E-state index in [1.54, 1.807) is 17.0 Å². The predicted octanol–water partition coefficient (Wildman–Crippen LogP) is 3.77. The lowest BCUT2D eigenvalue weighted by molar-refractivity contribution is -0.141. The van der Waals surface area contributed by atoms with Gasteiger partial charge in [0.05, 0.1) is 11.8 Å². The Morgan fingerprint density at radius 3 is 2.32 bits per heavy atom. The van der Waals surface area contributed by atoms with Gasteiger partial charge in [-0.3, -0.25) is 9.59 Å². The van der Waals surface area contributed by atoms with Crippen LogP contribution in [-0.2, 0) is 9.59 Å². The maximum absolute atomic E-state index is 12.9. The van der Waals surface area contributed by atoms with E-state index >= 15 is 0 Å². The zero-order valence-corrected chi connectivity index (χ0v) is 14.7. The first kappa shape index (κ1) is 17.5. The average molecular weight is 358 g/mol. The Labute approximate surface area is 152 Å². The Morgan fingerprint density at radius 2 is 1.72 bits per heavy atom. The minimum absolute atomic E-state index is 0.0334. The molecule has 3 rings (SSSR count). The molecule has 1 saturated heterocycles. The van der Waals surface area contributed by atoms with Gasteiger partial charge in [-0.05, 0) is 30.2 Å². The molecule has 1 N–H and O–H groups in total. The van der Waals surface area contributed by atoms with Crippen LogP contribution in [0.3, 0.4) is 0 Å². The van der Waals surface area contributed by atoms with Gasteiger partial charge in [0.1, 0.15) is 0 Å². The normalized spacial score (nSPS) is 21.1. The monoisotopic (exact) mass is 357 g/mol. The van der Waals surface area contributed by atoms with Crippen LogP contribution in [0, 0.1) is 5.92 Å². The van der Waals surface area contributed by atoms with Crippen molar-refractivity contribution in [3.63, 3.8) is 0 Å². The molecule has 130 valence electrons. The summed E-state index contributed by atoms with van der Waals surface area (Å²) in [5.41, 5.74) is 1.84. The summed E-state index contributed by atoms with van der Waals surface area (Å²) >= 11 is 5.92. The topological polar surface area (TPSA) is 57.6 Å². The molecular weight excluding hydrogens is 338 g/mol. The first-order valence-corrected chi connectivity index (χ1v) is 8.67. The number of carbonyl (C=O) groups excluding carboxylic acids is 1. The Hall–Kier alpha value is -2.33. The van der Waals surface area contributed by atoms with Crippen LogP contribution in [0.5, 0.6) is 0 Å². The smallest absolute Gasteiger partial charge is 0.308 e. The number of likely N-dealkylation sites (tertiary alicyclic amines) is 1. The van der Waals surface area contributed by atoms with Gasteiger partial charge in [-0.15, -0.1) is 0 Å². The maximum atomic E-state index is 12.9. The lowest BCUT2D eigenvalue weighted by Gasteiger charge is -2.21. The molecule has 3 atom stereocenters. The molecule has 0 aromatic heterocycles. The Morgan fingerprint density at radius 1 is 1.08 bits per heavy atom. The van der Waals surface area contributed by atoms with Crippen LogP contribution in [0.4, 0.5) is 0 Å². The summed E-state index contributed by atoms with van der Waals surface area (Å²) < 4.78 is 0. The van der Waals surface area contributed by atoms with Crippen LogP contribution in [0.15, 0.2) is 54.6 Å². The van der Waals surface area contributed by atoms with Crippen molar-refractivity contribution in [1.29, 1.82) is 0 Å². The van der Waals surface area contributed by atoms with E-state index in [2.05, 4.69) is 0 Å². The highest BCUT2D eigenvalue weighted by atomic mass is 35.5. The van der Waals surface area contributed by atoms with Crippen molar-refractivity contribution < 1.29 is 14.7 Å². The molecule has 5 heteroatoms. The summed E-state index contributed by atoms with van der Waals surface area (Å²) in [7, 11) is 0. The van der Waals surface area contributed by atoms with Crippen LogP contribution in [0.25, 0.3) is 0 Å². The summed E-state index contributed by atoms with van der Waals surface area (Å²) in [6.07, 6.45) is 0. The lowest BCUT2D eigenvalue weighted by atomic mass is 9.89. The number of benzene rings is 2. The van der Waals surface area contributed by atoms with Gasteiger partial charge in [0.15, 0.2) is 0 Å². The lowest BCUT2D eigenvalue weighted by Crippen LogP contribution is -2.33. The molecule has 25 heavy (non-hydrogen) atoms. The molecule has 1 aliphatic rings. The Bertz CT molecular complexity index is 760. The maximum Gasteiger partial charge on any atom is 0.308 e. The fraction of sp³-hybridized carbons (Fsp3) is 0.300. The van der Waals surface area contributed by atoms with Crippen LogP contribution in [0.1, 0.15) is 29.9 Å². The third kappa shape index (κ3) is 3.69. The van der Waals surface area contributed by atoms with Crippen LogP contribution >= 0.6 is 11.6 Å². The quantitative estimate of drug-likeness (QED) is 0.906. The summed E-state index contributed by atoms with van der Waals surface area (Å²) in [5, 5.41) is 10.2. The third-order valence-electron chi connectivity index (χ3n) is 4.92. The molecule has 0 bridgehead atoms. The molecule has 0 radical (unpaired) electrons. The molecule has 1 heterocycles. The Balaban J connectivity index is 1.81. The molecule has 1 fully saturated rings. The summed E-state index contributed by atoms with van der Waals surface area (Å²) in [6.45, 7) is 2.51. The standard InChI is InChI=1S/C20H20ClNO3/c1-13(14-5-3-2-4-6-14)19(23)22-11-17(18(12-22)20(24)25)15-7-9-16(21)10-8-15/h2-10,13,17-18H,11-12H2,1H3,(H,24,25)/t13-,17-,18+/m0/s1. The van der Waals surface area contributed by atoms with Crippen molar-refractivity contribution >= 4 is 23.5 Å². The van der Waals surface area contributed by atoms with Gasteiger partial charge in [-0.1, -0.05) is 54.1 Å². The van der Waals surface area contributed by atoms with Gasteiger partial charge < -0.3 is 10.0 Å². The number of nitrogens with zero attached hydrogens (tertiary/aromatic N) is 1. The van der Waals surface area contributed by atoms with Crippen LogP contribution in [-0.4, -0.2) is 35.0 Å². The first-order valence-electron chi connectivity index (χ1n) is 8.29. The van der Waals surface area contributed by atoms with Gasteiger partial charge >= 0.3 is 5.97 Å². The number of amides is 1. The molecule has 0 unspecified atom stereocenters. The Kier molecular flexibility index (Phi) is 5.09. The van der Waals surface area contributed by atoms with Gasteiger partial charge in [-0.2, -0.15) is 0 Å². The highest BCUT2D eigenvalue weighted by Gasteiger charge is 2.41. The zero-order valence-electron chi connectivity index (χ0n) is 13.9. The van der Waals surface area contributed by atoms with Crippen LogP contribution in [0.2, 0.25) is 5.02 Å². The van der Waals surface area contributed by atoms with E-state index in [1.165, 1.54) is 0 Å². The van der Waals surface area contributed by atoms with Crippen molar-refractivity contribution in [2.75, 3.05) is 13.1 Å². The molecule has 0 saturated carbocycles. The van der Waals surface area contributed by atoms with E-state index < -0.39 is 11.9 Å². The fourth-order valence-electron chi connectivity index (χ4n) is 3.44. The van der Waals surface area contributed by atoms with Gasteiger partial charge in [-0.25, -0.2) is 0 Å². The van der Waals surface area contributed by atoms with Crippen molar-refractivity contribution in [2.24, 2.45) is 5.92 Å². The second kappa shape index (κ2) is 7.28. The van der Waals surface area contributed by atoms with E-state index in [0.29, 0.717) is 11.6 Å². The average Bonchev–Trinajstić information content (AvgIpc) is 3.07. The van der Waals surface area contributed by atoms with Crippen molar-refractivity contribution in [2.45, 2.75) is 18.8 Å². The number of halogens is 1. The van der Waals surface area contributed by atoms with E-state index in [-0.39, 0.29) is 24.3 Å². The summed E-state index contributed by atoms with van der Waals surface area (Å²) in [6, 6.07) is 16.8. The second-order valence-corrected chi connectivity index (χ2v) is 6.91. The zero-order chi connectivity index (χ0) is 18.0. The fourth-order valence-corrected chi connectivity index (χ4v) is 3.57. The number of rotatable bonds is 4. The van der Waals surface area contributed by atoms with E-state index in [0.717, 1.165) is 11.1 Å². The number of carboxylic acid groups (broad SMARTS) is 1. The van der Waals surface area contributed by atoms with E-state index in [4.69, 9.17) is 11.6 Å². The highest BCUT2D eigenvalue weighted by molar-refractivity contribution is 6.30. The van der Waals surface area contributed by atoms with Crippen molar-refractivity contribution in [1.82, 2.24) is 4.90 Å².